The van der Waals surface area contributed by atoms with Crippen LogP contribution in [0.1, 0.15) is 11.1 Å². The third kappa shape index (κ3) is 5.53. The highest BCUT2D eigenvalue weighted by atomic mass is 16.5. The first kappa shape index (κ1) is 25.5. The van der Waals surface area contributed by atoms with Crippen LogP contribution >= 0.6 is 0 Å². The summed E-state index contributed by atoms with van der Waals surface area (Å²) >= 11 is 0. The third-order valence-corrected chi connectivity index (χ3v) is 6.57. The van der Waals surface area contributed by atoms with E-state index in [-0.39, 0.29) is 11.8 Å². The Bertz CT molecular complexity index is 1780. The van der Waals surface area contributed by atoms with Crippen molar-refractivity contribution in [2.45, 2.75) is 0 Å². The van der Waals surface area contributed by atoms with Crippen LogP contribution in [0.4, 0.5) is 0 Å². The van der Waals surface area contributed by atoms with Crippen molar-refractivity contribution in [1.29, 1.82) is 10.8 Å². The first-order valence-electron chi connectivity index (χ1n) is 13.1. The molecule has 0 amide bonds. The summed E-state index contributed by atoms with van der Waals surface area (Å²) in [4.78, 5) is 14.6. The number of hydrogen-bond donors (Lipinski definition) is 2. The third-order valence-electron chi connectivity index (χ3n) is 6.57. The minimum absolute atomic E-state index is 0.0869. The summed E-state index contributed by atoms with van der Waals surface area (Å²) < 4.78 is 5.71. The molecule has 6 heteroatoms. The predicted molar refractivity (Wildman–Crippen MR) is 163 cm³/mol. The number of aromatic nitrogens is 3. The fourth-order valence-corrected chi connectivity index (χ4v) is 4.56. The fraction of sp³-hybridized carbons (Fsp3) is 0. The molecule has 1 heterocycles. The number of nitrogens with zero attached hydrogens (tertiary/aromatic N) is 3. The van der Waals surface area contributed by atoms with Gasteiger partial charge < -0.3 is 4.74 Å². The smallest absolute Gasteiger partial charge is 0.221 e. The molecule has 5 aromatic carbocycles. The molecule has 6 rings (SSSR count). The van der Waals surface area contributed by atoms with Crippen LogP contribution in [0.3, 0.4) is 0 Å². The monoisotopic (exact) mass is 531 g/mol. The van der Waals surface area contributed by atoms with Gasteiger partial charge in [-0.3, -0.25) is 10.8 Å². The first-order chi connectivity index (χ1) is 20.2. The first-order valence-corrected chi connectivity index (χ1v) is 13.1. The molecule has 0 spiro atoms. The Hall–Kier alpha value is -5.75. The Morgan fingerprint density at radius 1 is 0.415 bits per heavy atom. The molecule has 2 N–H and O–H groups in total. The second-order valence-corrected chi connectivity index (χ2v) is 9.26. The topological polar surface area (TPSA) is 95.6 Å². The molecular formula is C35H25N5O. The van der Waals surface area contributed by atoms with Crippen LogP contribution in [0, 0.1) is 10.8 Å². The lowest BCUT2D eigenvalue weighted by Crippen LogP contribution is -2.14. The highest BCUT2D eigenvalue weighted by Crippen LogP contribution is 2.34. The summed E-state index contributed by atoms with van der Waals surface area (Å²) in [7, 11) is 0. The van der Waals surface area contributed by atoms with Crippen molar-refractivity contribution in [3.05, 3.63) is 151 Å². The molecule has 0 aliphatic heterocycles. The van der Waals surface area contributed by atoms with E-state index in [1.54, 1.807) is 12.1 Å². The van der Waals surface area contributed by atoms with E-state index >= 15 is 0 Å². The van der Waals surface area contributed by atoms with Gasteiger partial charge in [0, 0.05) is 27.8 Å². The zero-order valence-corrected chi connectivity index (χ0v) is 22.0. The van der Waals surface area contributed by atoms with Gasteiger partial charge in [0.25, 0.3) is 0 Å². The SMILES string of the molecule is N=C(OC(=N)c1ccccc1-c1ccccc1-c1nc(-c2ccccc2)nc(-c2ccccc2)n1)c1ccccc1. The van der Waals surface area contributed by atoms with Crippen LogP contribution in [0.5, 0.6) is 0 Å². The summed E-state index contributed by atoms with van der Waals surface area (Å²) in [6.07, 6.45) is 0. The number of ether oxygens (including phenoxy) is 1. The van der Waals surface area contributed by atoms with Gasteiger partial charge in [0.2, 0.25) is 11.8 Å². The fourth-order valence-electron chi connectivity index (χ4n) is 4.56. The molecule has 196 valence electrons. The Labute approximate surface area is 238 Å². The maximum Gasteiger partial charge on any atom is 0.221 e. The van der Waals surface area contributed by atoms with Gasteiger partial charge in [-0.2, -0.15) is 0 Å². The number of rotatable bonds is 6. The molecule has 1 aromatic heterocycles. The van der Waals surface area contributed by atoms with E-state index in [1.807, 2.05) is 127 Å². The Kier molecular flexibility index (Phi) is 7.19. The zero-order chi connectivity index (χ0) is 28.0. The largest absolute Gasteiger partial charge is 0.421 e. The van der Waals surface area contributed by atoms with Crippen LogP contribution in [0.2, 0.25) is 0 Å². The second kappa shape index (κ2) is 11.6. The Morgan fingerprint density at radius 2 is 0.854 bits per heavy atom. The summed E-state index contributed by atoms with van der Waals surface area (Å²) in [5, 5.41) is 17.1. The maximum absolute atomic E-state index is 8.76. The summed E-state index contributed by atoms with van der Waals surface area (Å²) in [5.74, 6) is 1.47. The summed E-state index contributed by atoms with van der Waals surface area (Å²) in [6, 6.07) is 44.2. The molecule has 0 fully saturated rings. The summed E-state index contributed by atoms with van der Waals surface area (Å²) in [6.45, 7) is 0. The average molecular weight is 532 g/mol. The van der Waals surface area contributed by atoms with Gasteiger partial charge in [0.15, 0.2) is 17.5 Å². The van der Waals surface area contributed by atoms with Gasteiger partial charge in [0.1, 0.15) is 0 Å². The minimum Gasteiger partial charge on any atom is -0.421 e. The van der Waals surface area contributed by atoms with Crippen molar-refractivity contribution in [1.82, 2.24) is 15.0 Å². The van der Waals surface area contributed by atoms with E-state index < -0.39 is 0 Å². The van der Waals surface area contributed by atoms with E-state index in [1.165, 1.54) is 0 Å². The number of nitrogens with one attached hydrogen (secondary N) is 2. The quantitative estimate of drug-likeness (QED) is 0.169. The summed E-state index contributed by atoms with van der Waals surface area (Å²) in [5.41, 5.74) is 5.34. The van der Waals surface area contributed by atoms with E-state index in [9.17, 15) is 0 Å². The van der Waals surface area contributed by atoms with Crippen LogP contribution in [0.15, 0.2) is 140 Å². The van der Waals surface area contributed by atoms with Crippen LogP contribution in [-0.2, 0) is 4.74 Å². The van der Waals surface area contributed by atoms with Gasteiger partial charge >= 0.3 is 0 Å². The van der Waals surface area contributed by atoms with Crippen LogP contribution in [-0.4, -0.2) is 26.7 Å². The van der Waals surface area contributed by atoms with Crippen molar-refractivity contribution in [2.24, 2.45) is 0 Å². The molecular weight excluding hydrogens is 506 g/mol. The lowest BCUT2D eigenvalue weighted by atomic mass is 9.94. The lowest BCUT2D eigenvalue weighted by molar-refractivity contribution is 0.538. The molecule has 6 nitrogen and oxygen atoms in total. The van der Waals surface area contributed by atoms with E-state index in [0.717, 1.165) is 27.8 Å². The van der Waals surface area contributed by atoms with Gasteiger partial charge in [0.05, 0.1) is 0 Å². The van der Waals surface area contributed by atoms with Crippen molar-refractivity contribution < 1.29 is 4.74 Å². The normalized spacial score (nSPS) is 10.6. The average Bonchev–Trinajstić information content (AvgIpc) is 3.05. The molecule has 0 radical (unpaired) electrons. The molecule has 0 unspecified atom stereocenters. The van der Waals surface area contributed by atoms with Gasteiger partial charge in [-0.05, 0) is 29.3 Å². The molecule has 0 saturated carbocycles. The van der Waals surface area contributed by atoms with E-state index in [2.05, 4.69) is 0 Å². The number of benzene rings is 5. The van der Waals surface area contributed by atoms with Gasteiger partial charge in [-0.15, -0.1) is 0 Å². The highest BCUT2D eigenvalue weighted by Gasteiger charge is 2.19. The molecule has 0 atom stereocenters. The highest BCUT2D eigenvalue weighted by molar-refractivity contribution is 6.08. The predicted octanol–water partition coefficient (Wildman–Crippen LogP) is 7.91. The van der Waals surface area contributed by atoms with Crippen molar-refractivity contribution >= 4 is 11.8 Å². The van der Waals surface area contributed by atoms with Crippen molar-refractivity contribution in [3.63, 3.8) is 0 Å². The molecule has 41 heavy (non-hydrogen) atoms. The molecule has 0 saturated heterocycles. The number of hydrogen-bond acceptors (Lipinski definition) is 6. The van der Waals surface area contributed by atoms with Crippen molar-refractivity contribution in [3.8, 4) is 45.3 Å². The maximum atomic E-state index is 8.76. The molecule has 0 aliphatic rings. The van der Waals surface area contributed by atoms with Crippen LogP contribution < -0.4 is 0 Å². The van der Waals surface area contributed by atoms with Gasteiger partial charge in [-0.25, -0.2) is 15.0 Å². The second-order valence-electron chi connectivity index (χ2n) is 9.26. The lowest BCUT2D eigenvalue weighted by Gasteiger charge is -2.15. The van der Waals surface area contributed by atoms with Gasteiger partial charge in [-0.1, -0.05) is 121 Å². The standard InChI is InChI=1S/C35H25N5O/c36-31(24-14-4-1-5-15-24)41-32(37)29-22-12-10-20-27(29)28-21-11-13-23-30(28)35-39-33(25-16-6-2-7-17-25)38-34(40-35)26-18-8-3-9-19-26/h1-23,36-37H. The molecule has 6 aromatic rings. The molecule has 0 aliphatic carbocycles. The Morgan fingerprint density at radius 3 is 1.44 bits per heavy atom. The van der Waals surface area contributed by atoms with E-state index in [4.69, 9.17) is 30.5 Å². The Balaban J connectivity index is 1.46. The molecule has 0 bridgehead atoms. The van der Waals surface area contributed by atoms with Crippen LogP contribution in [0.25, 0.3) is 45.3 Å². The zero-order valence-electron chi connectivity index (χ0n) is 22.0. The van der Waals surface area contributed by atoms with Crippen molar-refractivity contribution in [2.75, 3.05) is 0 Å². The minimum atomic E-state index is -0.116. The van der Waals surface area contributed by atoms with E-state index in [0.29, 0.717) is 28.6 Å².